The van der Waals surface area contributed by atoms with Gasteiger partial charge in [-0.05, 0) is 19.8 Å². The van der Waals surface area contributed by atoms with E-state index in [0.29, 0.717) is 0 Å². The SMILES string of the molecule is CC1CCC(C(=O)N(C)C[C@H](O)CO)O1. The zero-order chi connectivity index (χ0) is 11.4. The molecule has 5 nitrogen and oxygen atoms in total. The van der Waals surface area contributed by atoms with E-state index in [1.807, 2.05) is 6.92 Å². The van der Waals surface area contributed by atoms with Crippen LogP contribution in [0.25, 0.3) is 0 Å². The predicted octanol–water partition coefficient (Wildman–Crippen LogP) is -0.635. The van der Waals surface area contributed by atoms with Crippen molar-refractivity contribution in [3.8, 4) is 0 Å². The molecule has 1 rings (SSSR count). The summed E-state index contributed by atoms with van der Waals surface area (Å²) < 4.78 is 5.42. The summed E-state index contributed by atoms with van der Waals surface area (Å²) in [6.07, 6.45) is 0.510. The van der Waals surface area contributed by atoms with Gasteiger partial charge in [-0.25, -0.2) is 0 Å². The number of amides is 1. The lowest BCUT2D eigenvalue weighted by Gasteiger charge is -2.22. The second-order valence-corrected chi connectivity index (χ2v) is 4.07. The van der Waals surface area contributed by atoms with Gasteiger partial charge >= 0.3 is 0 Å². The summed E-state index contributed by atoms with van der Waals surface area (Å²) in [6, 6.07) is 0. The average molecular weight is 217 g/mol. The molecule has 5 heteroatoms. The van der Waals surface area contributed by atoms with Gasteiger partial charge in [-0.2, -0.15) is 0 Å². The van der Waals surface area contributed by atoms with Crippen LogP contribution in [0.3, 0.4) is 0 Å². The summed E-state index contributed by atoms with van der Waals surface area (Å²) in [5, 5.41) is 17.8. The zero-order valence-corrected chi connectivity index (χ0v) is 9.22. The van der Waals surface area contributed by atoms with Crippen molar-refractivity contribution in [1.29, 1.82) is 0 Å². The Kier molecular flexibility index (Phi) is 4.50. The van der Waals surface area contributed by atoms with Crippen LogP contribution >= 0.6 is 0 Å². The number of likely N-dealkylation sites (N-methyl/N-ethyl adjacent to an activating group) is 1. The Labute approximate surface area is 89.6 Å². The number of aliphatic hydroxyl groups is 2. The number of hydrogen-bond acceptors (Lipinski definition) is 4. The molecule has 0 radical (unpaired) electrons. The van der Waals surface area contributed by atoms with Crippen molar-refractivity contribution in [1.82, 2.24) is 4.90 Å². The number of ether oxygens (including phenoxy) is 1. The van der Waals surface area contributed by atoms with Gasteiger partial charge < -0.3 is 19.8 Å². The number of carbonyl (C=O) groups excluding carboxylic acids is 1. The summed E-state index contributed by atoms with van der Waals surface area (Å²) >= 11 is 0. The second kappa shape index (κ2) is 5.44. The molecule has 15 heavy (non-hydrogen) atoms. The van der Waals surface area contributed by atoms with Crippen LogP contribution in [0.15, 0.2) is 0 Å². The van der Waals surface area contributed by atoms with E-state index in [4.69, 9.17) is 9.84 Å². The quantitative estimate of drug-likeness (QED) is 0.657. The number of aliphatic hydroxyl groups excluding tert-OH is 2. The molecular weight excluding hydrogens is 198 g/mol. The minimum absolute atomic E-state index is 0.119. The largest absolute Gasteiger partial charge is 0.394 e. The van der Waals surface area contributed by atoms with Gasteiger partial charge in [0.15, 0.2) is 0 Å². The maximum Gasteiger partial charge on any atom is 0.251 e. The Bertz CT molecular complexity index is 221. The molecule has 2 N–H and O–H groups in total. The summed E-state index contributed by atoms with van der Waals surface area (Å²) in [4.78, 5) is 13.2. The Balaban J connectivity index is 2.39. The Morgan fingerprint density at radius 3 is 2.73 bits per heavy atom. The predicted molar refractivity (Wildman–Crippen MR) is 54.3 cm³/mol. The van der Waals surface area contributed by atoms with Gasteiger partial charge in [-0.3, -0.25) is 4.79 Å². The van der Waals surface area contributed by atoms with E-state index in [0.717, 1.165) is 12.8 Å². The Morgan fingerprint density at radius 2 is 2.27 bits per heavy atom. The minimum Gasteiger partial charge on any atom is -0.394 e. The molecule has 0 spiro atoms. The summed E-state index contributed by atoms with van der Waals surface area (Å²) in [5.74, 6) is -0.119. The molecule has 1 fully saturated rings. The molecule has 0 aromatic heterocycles. The van der Waals surface area contributed by atoms with Gasteiger partial charge in [0.2, 0.25) is 0 Å². The van der Waals surface area contributed by atoms with Crippen molar-refractivity contribution in [2.24, 2.45) is 0 Å². The lowest BCUT2D eigenvalue weighted by Crippen LogP contribution is -2.41. The first-order valence-corrected chi connectivity index (χ1v) is 5.24. The van der Waals surface area contributed by atoms with Crippen LogP contribution in [-0.4, -0.2) is 59.5 Å². The first-order chi connectivity index (χ1) is 7.04. The van der Waals surface area contributed by atoms with E-state index in [1.54, 1.807) is 7.05 Å². The topological polar surface area (TPSA) is 70.0 Å². The first-order valence-electron chi connectivity index (χ1n) is 5.24. The highest BCUT2D eigenvalue weighted by Gasteiger charge is 2.30. The molecule has 1 heterocycles. The minimum atomic E-state index is -0.877. The third-order valence-corrected chi connectivity index (χ3v) is 2.58. The fraction of sp³-hybridized carbons (Fsp3) is 0.900. The molecule has 0 bridgehead atoms. The van der Waals surface area contributed by atoms with Gasteiger partial charge in [0.25, 0.3) is 5.91 Å². The van der Waals surface area contributed by atoms with Gasteiger partial charge in [0, 0.05) is 13.6 Å². The molecule has 1 saturated heterocycles. The van der Waals surface area contributed by atoms with E-state index in [2.05, 4.69) is 0 Å². The monoisotopic (exact) mass is 217 g/mol. The molecule has 0 saturated carbocycles. The molecule has 0 aromatic carbocycles. The average Bonchev–Trinajstić information content (AvgIpc) is 2.63. The second-order valence-electron chi connectivity index (χ2n) is 4.07. The molecule has 88 valence electrons. The van der Waals surface area contributed by atoms with Gasteiger partial charge in [0.1, 0.15) is 6.10 Å². The fourth-order valence-corrected chi connectivity index (χ4v) is 1.69. The maximum atomic E-state index is 11.8. The highest BCUT2D eigenvalue weighted by Crippen LogP contribution is 2.20. The lowest BCUT2D eigenvalue weighted by molar-refractivity contribution is -0.142. The highest BCUT2D eigenvalue weighted by atomic mass is 16.5. The van der Waals surface area contributed by atoms with Gasteiger partial charge in [-0.15, -0.1) is 0 Å². The van der Waals surface area contributed by atoms with Crippen molar-refractivity contribution in [2.45, 2.75) is 38.1 Å². The van der Waals surface area contributed by atoms with Crippen LogP contribution in [0.5, 0.6) is 0 Å². The molecular formula is C10H19NO4. The molecule has 0 aliphatic carbocycles. The molecule has 3 atom stereocenters. The normalized spacial score (nSPS) is 27.7. The highest BCUT2D eigenvalue weighted by molar-refractivity contribution is 5.81. The van der Waals surface area contributed by atoms with Crippen molar-refractivity contribution >= 4 is 5.91 Å². The van der Waals surface area contributed by atoms with E-state index in [9.17, 15) is 9.90 Å². The number of rotatable bonds is 4. The van der Waals surface area contributed by atoms with Crippen molar-refractivity contribution in [2.75, 3.05) is 20.2 Å². The van der Waals surface area contributed by atoms with Crippen molar-refractivity contribution in [3.05, 3.63) is 0 Å². The Morgan fingerprint density at radius 1 is 1.60 bits per heavy atom. The van der Waals surface area contributed by atoms with Crippen LogP contribution in [0, 0.1) is 0 Å². The molecule has 1 aliphatic rings. The van der Waals surface area contributed by atoms with Crippen molar-refractivity contribution in [3.63, 3.8) is 0 Å². The van der Waals surface area contributed by atoms with E-state index < -0.39 is 6.10 Å². The van der Waals surface area contributed by atoms with Crippen molar-refractivity contribution < 1.29 is 19.7 Å². The number of carbonyl (C=O) groups is 1. The molecule has 1 aliphatic heterocycles. The smallest absolute Gasteiger partial charge is 0.251 e. The molecule has 2 unspecified atom stereocenters. The van der Waals surface area contributed by atoms with Gasteiger partial charge in [0.05, 0.1) is 18.8 Å². The number of nitrogens with zero attached hydrogens (tertiary/aromatic N) is 1. The van der Waals surface area contributed by atoms with Crippen LogP contribution < -0.4 is 0 Å². The maximum absolute atomic E-state index is 11.8. The van der Waals surface area contributed by atoms with E-state index in [-0.39, 0.29) is 31.3 Å². The zero-order valence-electron chi connectivity index (χ0n) is 9.22. The Hall–Kier alpha value is -0.650. The van der Waals surface area contributed by atoms with Crippen LogP contribution in [0.4, 0.5) is 0 Å². The summed E-state index contributed by atoms with van der Waals surface area (Å²) in [5.41, 5.74) is 0. The summed E-state index contributed by atoms with van der Waals surface area (Å²) in [6.45, 7) is 1.75. The lowest BCUT2D eigenvalue weighted by atomic mass is 10.2. The summed E-state index contributed by atoms with van der Waals surface area (Å²) in [7, 11) is 1.60. The number of hydrogen-bond donors (Lipinski definition) is 2. The fourth-order valence-electron chi connectivity index (χ4n) is 1.69. The first kappa shape index (κ1) is 12.4. The molecule has 1 amide bonds. The van der Waals surface area contributed by atoms with Crippen LogP contribution in [0.2, 0.25) is 0 Å². The third kappa shape index (κ3) is 3.44. The van der Waals surface area contributed by atoms with Gasteiger partial charge in [-0.1, -0.05) is 0 Å². The van der Waals surface area contributed by atoms with E-state index in [1.165, 1.54) is 4.90 Å². The third-order valence-electron chi connectivity index (χ3n) is 2.58. The standard InChI is InChI=1S/C10H19NO4/c1-7-3-4-9(15-7)10(14)11(2)5-8(13)6-12/h7-9,12-13H,3-6H2,1-2H3/t7?,8-,9?/m0/s1. The van der Waals surface area contributed by atoms with E-state index >= 15 is 0 Å². The molecule has 0 aromatic rings. The van der Waals surface area contributed by atoms with Crippen LogP contribution in [-0.2, 0) is 9.53 Å². The van der Waals surface area contributed by atoms with Crippen LogP contribution in [0.1, 0.15) is 19.8 Å².